The Labute approximate surface area is 154 Å². The molecule has 0 fully saturated rings. The van der Waals surface area contributed by atoms with Gasteiger partial charge in [0.25, 0.3) is 5.56 Å². The predicted octanol–water partition coefficient (Wildman–Crippen LogP) is 3.06. The van der Waals surface area contributed by atoms with Gasteiger partial charge in [-0.1, -0.05) is 13.8 Å². The molecule has 1 N–H and O–H groups in total. The van der Waals surface area contributed by atoms with Gasteiger partial charge < -0.3 is 18.5 Å². The van der Waals surface area contributed by atoms with Crippen LogP contribution in [0.3, 0.4) is 0 Å². The zero-order valence-electron chi connectivity index (χ0n) is 16.3. The third-order valence-corrected chi connectivity index (χ3v) is 4.46. The van der Waals surface area contributed by atoms with Gasteiger partial charge >= 0.3 is 5.69 Å². The predicted molar refractivity (Wildman–Crippen MR) is 99.1 cm³/mol. The van der Waals surface area contributed by atoms with Crippen molar-refractivity contribution >= 4 is 8.38 Å². The van der Waals surface area contributed by atoms with E-state index in [0.717, 1.165) is 4.57 Å². The van der Waals surface area contributed by atoms with Crippen molar-refractivity contribution in [1.82, 2.24) is 9.55 Å². The Morgan fingerprint density at radius 1 is 1.23 bits per heavy atom. The normalized spacial score (nSPS) is 13.2. The van der Waals surface area contributed by atoms with Crippen molar-refractivity contribution in [1.29, 1.82) is 0 Å². The van der Waals surface area contributed by atoms with Crippen LogP contribution in [-0.4, -0.2) is 42.5 Å². The second-order valence-corrected chi connectivity index (χ2v) is 6.22. The maximum absolute atomic E-state index is 14.4. The Morgan fingerprint density at radius 2 is 1.81 bits per heavy atom. The number of H-pyrrole nitrogens is 1. The number of methoxy groups -OCH3 is 1. The van der Waals surface area contributed by atoms with E-state index in [1.54, 1.807) is 0 Å². The number of alkyl halides is 1. The van der Waals surface area contributed by atoms with E-state index in [1.165, 1.54) is 20.2 Å². The summed E-state index contributed by atoms with van der Waals surface area (Å²) >= 11 is 0. The summed E-state index contributed by atoms with van der Waals surface area (Å²) in [5, 5.41) is 0. The van der Waals surface area contributed by atoms with Crippen LogP contribution in [0.25, 0.3) is 0 Å². The summed E-state index contributed by atoms with van der Waals surface area (Å²) in [7, 11) is 0.142. The van der Waals surface area contributed by atoms with Gasteiger partial charge in [-0.3, -0.25) is 14.3 Å². The smallest absolute Gasteiger partial charge is 0.330 e. The maximum atomic E-state index is 14.4. The van der Waals surface area contributed by atoms with Gasteiger partial charge in [0, 0.05) is 25.3 Å². The third kappa shape index (κ3) is 8.51. The van der Waals surface area contributed by atoms with Gasteiger partial charge in [0.05, 0.1) is 13.2 Å². The Bertz CT molecular complexity index is 603. The Balaban J connectivity index is 0.00000301. The first-order valence-corrected chi connectivity index (χ1v) is 9.93. The fourth-order valence-corrected chi connectivity index (χ4v) is 2.93. The van der Waals surface area contributed by atoms with E-state index in [9.17, 15) is 14.0 Å². The molecule has 0 aliphatic carbocycles. The molecule has 1 aromatic rings. The Kier molecular flexibility index (Phi) is 13.4. The number of aromatic amines is 1. The van der Waals surface area contributed by atoms with Crippen molar-refractivity contribution in [3.63, 3.8) is 0 Å². The maximum Gasteiger partial charge on any atom is 0.330 e. The van der Waals surface area contributed by atoms with Crippen molar-refractivity contribution in [2.24, 2.45) is 0 Å². The van der Waals surface area contributed by atoms with Crippen LogP contribution in [0.1, 0.15) is 46.0 Å². The van der Waals surface area contributed by atoms with Crippen LogP contribution < -0.4 is 11.2 Å². The van der Waals surface area contributed by atoms with Crippen LogP contribution in [-0.2, 0) is 18.5 Å². The van der Waals surface area contributed by atoms with Crippen molar-refractivity contribution in [2.75, 3.05) is 26.7 Å². The SMILES string of the molecule is CC.CCOP(COC(CC(F)n1cc(C)c(=O)[nH]c1=O)OC)OCC. The molecule has 0 radical (unpaired) electrons. The Hall–Kier alpha value is -1.12. The number of halogens is 1. The lowest BCUT2D eigenvalue weighted by atomic mass is 10.3. The number of hydrogen-bond acceptors (Lipinski definition) is 6. The summed E-state index contributed by atoms with van der Waals surface area (Å²) < 4.78 is 36.5. The van der Waals surface area contributed by atoms with Gasteiger partial charge in [-0.2, -0.15) is 0 Å². The van der Waals surface area contributed by atoms with Gasteiger partial charge in [-0.05, 0) is 20.8 Å². The molecule has 0 aliphatic heterocycles. The van der Waals surface area contributed by atoms with E-state index in [2.05, 4.69) is 4.98 Å². The van der Waals surface area contributed by atoms with E-state index in [0.29, 0.717) is 13.2 Å². The molecule has 0 bridgehead atoms. The molecule has 0 amide bonds. The molecule has 0 saturated carbocycles. The first kappa shape index (κ1) is 24.9. The molecule has 2 atom stereocenters. The molecular formula is C16H30FN2O6P. The topological polar surface area (TPSA) is 91.8 Å². The summed E-state index contributed by atoms with van der Waals surface area (Å²) in [6, 6.07) is 0. The Morgan fingerprint density at radius 3 is 2.31 bits per heavy atom. The van der Waals surface area contributed by atoms with Crippen LogP contribution in [0, 0.1) is 6.92 Å². The number of ether oxygens (including phenoxy) is 2. The fraction of sp³-hybridized carbons (Fsp3) is 0.750. The highest BCUT2D eigenvalue weighted by atomic mass is 31.2. The molecule has 152 valence electrons. The van der Waals surface area contributed by atoms with Crippen molar-refractivity contribution in [3.8, 4) is 0 Å². The molecule has 0 spiro atoms. The lowest BCUT2D eigenvalue weighted by Crippen LogP contribution is -2.33. The number of aromatic nitrogens is 2. The highest BCUT2D eigenvalue weighted by Crippen LogP contribution is 2.38. The lowest BCUT2D eigenvalue weighted by Gasteiger charge is -2.22. The van der Waals surface area contributed by atoms with E-state index in [-0.39, 0.29) is 18.3 Å². The number of hydrogen-bond donors (Lipinski definition) is 1. The third-order valence-electron chi connectivity index (χ3n) is 3.01. The minimum atomic E-state index is -1.71. The average molecular weight is 396 g/mol. The molecule has 2 unspecified atom stereocenters. The number of rotatable bonds is 11. The molecule has 1 heterocycles. The van der Waals surface area contributed by atoms with Crippen molar-refractivity contribution < 1.29 is 22.9 Å². The summed E-state index contributed by atoms with van der Waals surface area (Å²) in [5.41, 5.74) is -1.12. The average Bonchev–Trinajstić information content (AvgIpc) is 2.63. The molecule has 10 heteroatoms. The van der Waals surface area contributed by atoms with E-state index in [1.807, 2.05) is 27.7 Å². The summed E-state index contributed by atoms with van der Waals surface area (Å²) in [4.78, 5) is 25.1. The zero-order valence-corrected chi connectivity index (χ0v) is 17.2. The van der Waals surface area contributed by atoms with Crippen molar-refractivity contribution in [2.45, 2.75) is 53.6 Å². The van der Waals surface area contributed by atoms with Crippen LogP contribution in [0.2, 0.25) is 0 Å². The first-order valence-electron chi connectivity index (χ1n) is 8.56. The molecule has 1 rings (SSSR count). The molecule has 26 heavy (non-hydrogen) atoms. The number of nitrogens with one attached hydrogen (secondary N) is 1. The van der Waals surface area contributed by atoms with E-state index in [4.69, 9.17) is 18.5 Å². The number of aryl methyl sites for hydroxylation is 1. The molecule has 0 aromatic carbocycles. The van der Waals surface area contributed by atoms with Crippen LogP contribution in [0.4, 0.5) is 4.39 Å². The molecule has 1 aromatic heterocycles. The zero-order chi connectivity index (χ0) is 20.1. The van der Waals surface area contributed by atoms with Crippen LogP contribution >= 0.6 is 8.38 Å². The highest BCUT2D eigenvalue weighted by Gasteiger charge is 2.21. The molecule has 0 saturated heterocycles. The monoisotopic (exact) mass is 396 g/mol. The van der Waals surface area contributed by atoms with Gasteiger partial charge in [0.2, 0.25) is 0 Å². The first-order chi connectivity index (χ1) is 12.4. The lowest BCUT2D eigenvalue weighted by molar-refractivity contribution is -0.130. The van der Waals surface area contributed by atoms with Gasteiger partial charge in [-0.25, -0.2) is 9.18 Å². The standard InChI is InChI=1S/C14H24FN2O6P.C2H6/c1-5-22-24(23-6-2)9-21-12(20-4)7-11(15)17-8-10(3)13(18)16-14(17)19;1-2/h8,11-12H,5-7,9H2,1-4H3,(H,16,18,19);1-2H3. The summed E-state index contributed by atoms with van der Waals surface area (Å²) in [6.45, 7) is 10.1. The highest BCUT2D eigenvalue weighted by molar-refractivity contribution is 7.47. The van der Waals surface area contributed by atoms with E-state index < -0.39 is 32.2 Å². The van der Waals surface area contributed by atoms with Crippen LogP contribution in [0.5, 0.6) is 0 Å². The van der Waals surface area contributed by atoms with E-state index >= 15 is 0 Å². The quantitative estimate of drug-likeness (QED) is 0.457. The second-order valence-electron chi connectivity index (χ2n) is 4.78. The summed E-state index contributed by atoms with van der Waals surface area (Å²) in [6.07, 6.45) is -1.51. The molecular weight excluding hydrogens is 366 g/mol. The van der Waals surface area contributed by atoms with Gasteiger partial charge in [-0.15, -0.1) is 0 Å². The van der Waals surface area contributed by atoms with Gasteiger partial charge in [0.15, 0.2) is 21.0 Å². The molecule has 8 nitrogen and oxygen atoms in total. The molecule has 0 aliphatic rings. The minimum absolute atomic E-state index is 0.127. The van der Waals surface area contributed by atoms with Crippen molar-refractivity contribution in [3.05, 3.63) is 32.6 Å². The largest absolute Gasteiger partial charge is 0.356 e. The minimum Gasteiger partial charge on any atom is -0.356 e. The van der Waals surface area contributed by atoms with Gasteiger partial charge in [0.1, 0.15) is 6.35 Å². The van der Waals surface area contributed by atoms with Crippen LogP contribution in [0.15, 0.2) is 15.8 Å². The fourth-order valence-electron chi connectivity index (χ4n) is 1.84. The second kappa shape index (κ2) is 14.0. The number of nitrogens with zero attached hydrogens (tertiary/aromatic N) is 1. The summed E-state index contributed by atoms with van der Waals surface area (Å²) in [5.74, 6) is 0.